The van der Waals surface area contributed by atoms with Crippen molar-refractivity contribution in [3.05, 3.63) is 58.2 Å². The number of thioether (sulfide) groups is 1. The summed E-state index contributed by atoms with van der Waals surface area (Å²) in [4.78, 5) is 19.5. The third-order valence-corrected chi connectivity index (χ3v) is 7.87. The van der Waals surface area contributed by atoms with Gasteiger partial charge in [-0.2, -0.15) is 0 Å². The molecule has 3 aromatic rings. The zero-order chi connectivity index (χ0) is 29.0. The van der Waals surface area contributed by atoms with E-state index in [1.165, 1.54) is 31.1 Å². The molecule has 0 radical (unpaired) electrons. The van der Waals surface area contributed by atoms with Crippen LogP contribution < -0.4 is 0 Å². The molecule has 4 atom stereocenters. The standard InChI is InChI=1S/C25H27BrF3N5O5S/c1-13(36)20(12-35)39-25(40-21-8-15(26)9-30-23(21)24(37)33-4-3-5-33)19(38-2)11-34-10-18(31-32-34)14-6-16(27)22(29)17(28)7-14/h6-10,13,19-20,25,35-36H,3-5,11-12H2,1-2H3/t13-,19+,20?,25?/m1/s1. The van der Waals surface area contributed by atoms with E-state index in [0.29, 0.717) is 22.5 Å². The van der Waals surface area contributed by atoms with Gasteiger partial charge in [0.2, 0.25) is 0 Å². The van der Waals surface area contributed by atoms with Crippen LogP contribution in [0.2, 0.25) is 0 Å². The van der Waals surface area contributed by atoms with Crippen molar-refractivity contribution in [1.29, 1.82) is 0 Å². The minimum absolute atomic E-state index is 0.0115. The number of aliphatic hydroxyl groups excluding tert-OH is 2. The van der Waals surface area contributed by atoms with E-state index < -0.39 is 47.8 Å². The lowest BCUT2D eigenvalue weighted by Crippen LogP contribution is -2.43. The quantitative estimate of drug-likeness (QED) is 0.174. The summed E-state index contributed by atoms with van der Waals surface area (Å²) in [7, 11) is 1.42. The Hall–Kier alpha value is -2.56. The molecule has 0 aliphatic carbocycles. The van der Waals surface area contributed by atoms with Crippen LogP contribution in [0.1, 0.15) is 23.8 Å². The molecule has 0 spiro atoms. The summed E-state index contributed by atoms with van der Waals surface area (Å²) >= 11 is 4.51. The van der Waals surface area contributed by atoms with Crippen LogP contribution >= 0.6 is 27.7 Å². The lowest BCUT2D eigenvalue weighted by atomic mass is 10.1. The fraction of sp³-hybridized carbons (Fsp3) is 0.440. The number of benzene rings is 1. The number of hydrogen-bond donors (Lipinski definition) is 2. The van der Waals surface area contributed by atoms with Gasteiger partial charge in [0.05, 0.1) is 25.5 Å². The molecule has 0 bridgehead atoms. The molecular weight excluding hydrogens is 619 g/mol. The topological polar surface area (TPSA) is 123 Å². The van der Waals surface area contributed by atoms with Crippen LogP contribution in [0.25, 0.3) is 11.3 Å². The van der Waals surface area contributed by atoms with Crippen molar-refractivity contribution >= 4 is 33.6 Å². The van der Waals surface area contributed by atoms with Crippen LogP contribution in [-0.2, 0) is 16.0 Å². The summed E-state index contributed by atoms with van der Waals surface area (Å²) in [5.41, 5.74) is -0.599. The molecule has 3 heterocycles. The monoisotopic (exact) mass is 645 g/mol. The highest BCUT2D eigenvalue weighted by Gasteiger charge is 2.32. The van der Waals surface area contributed by atoms with Gasteiger partial charge in [-0.25, -0.2) is 22.8 Å². The number of ether oxygens (including phenoxy) is 2. The van der Waals surface area contributed by atoms with Crippen LogP contribution in [0.5, 0.6) is 0 Å². The summed E-state index contributed by atoms with van der Waals surface area (Å²) in [6.45, 7) is 2.26. The van der Waals surface area contributed by atoms with Crippen molar-refractivity contribution in [2.45, 2.75) is 48.5 Å². The first-order chi connectivity index (χ1) is 19.1. The highest BCUT2D eigenvalue weighted by Crippen LogP contribution is 2.34. The summed E-state index contributed by atoms with van der Waals surface area (Å²) < 4.78 is 54.6. The highest BCUT2D eigenvalue weighted by atomic mass is 79.9. The Bertz CT molecular complexity index is 1320. The first-order valence-electron chi connectivity index (χ1n) is 12.2. The molecule has 1 aliphatic rings. The molecule has 1 aromatic carbocycles. The van der Waals surface area contributed by atoms with Crippen molar-refractivity contribution in [3.63, 3.8) is 0 Å². The van der Waals surface area contributed by atoms with E-state index in [9.17, 15) is 28.2 Å². The molecule has 2 unspecified atom stereocenters. The van der Waals surface area contributed by atoms with Gasteiger partial charge in [-0.05, 0) is 47.5 Å². The van der Waals surface area contributed by atoms with Gasteiger partial charge in [-0.15, -0.1) is 5.10 Å². The predicted octanol–water partition coefficient (Wildman–Crippen LogP) is 3.26. The van der Waals surface area contributed by atoms with Crippen molar-refractivity contribution in [3.8, 4) is 11.3 Å². The van der Waals surface area contributed by atoms with Crippen LogP contribution in [-0.4, -0.2) is 91.6 Å². The normalized spacial score (nSPS) is 16.4. The Morgan fingerprint density at radius 1 is 1.20 bits per heavy atom. The number of likely N-dealkylation sites (tertiary alicyclic amines) is 1. The largest absolute Gasteiger partial charge is 0.394 e. The third kappa shape index (κ3) is 7.01. The Morgan fingerprint density at radius 2 is 1.90 bits per heavy atom. The van der Waals surface area contributed by atoms with E-state index in [-0.39, 0.29) is 29.4 Å². The Balaban J connectivity index is 1.62. The van der Waals surface area contributed by atoms with Gasteiger partial charge >= 0.3 is 0 Å². The van der Waals surface area contributed by atoms with Crippen molar-refractivity contribution in [2.75, 3.05) is 26.8 Å². The second kappa shape index (κ2) is 13.4. The van der Waals surface area contributed by atoms with Gasteiger partial charge in [0.15, 0.2) is 17.5 Å². The maximum Gasteiger partial charge on any atom is 0.273 e. The number of aliphatic hydroxyl groups is 2. The number of nitrogens with zero attached hydrogens (tertiary/aromatic N) is 5. The number of halogens is 4. The molecular formula is C25H27BrF3N5O5S. The SMILES string of the molecule is CO[C@@H](Cn1cc(-c2cc(F)c(F)c(F)c2)nn1)C(OC(CO)[C@@H](C)O)Sc1cc(Br)cnc1C(=O)N1CCC1. The maximum atomic E-state index is 13.7. The van der Waals surface area contributed by atoms with E-state index in [4.69, 9.17) is 9.47 Å². The van der Waals surface area contributed by atoms with Crippen molar-refractivity contribution in [1.82, 2.24) is 24.9 Å². The highest BCUT2D eigenvalue weighted by molar-refractivity contribution is 9.10. The molecule has 1 fully saturated rings. The number of amides is 1. The zero-order valence-corrected chi connectivity index (χ0v) is 23.9. The fourth-order valence-electron chi connectivity index (χ4n) is 3.82. The van der Waals surface area contributed by atoms with Gasteiger partial charge in [-0.1, -0.05) is 17.0 Å². The van der Waals surface area contributed by atoms with Crippen LogP contribution in [0.15, 0.2) is 40.0 Å². The number of carbonyl (C=O) groups is 1. The predicted molar refractivity (Wildman–Crippen MR) is 142 cm³/mol. The first kappa shape index (κ1) is 30.4. The third-order valence-electron chi connectivity index (χ3n) is 6.23. The van der Waals surface area contributed by atoms with Crippen molar-refractivity contribution in [2.24, 2.45) is 0 Å². The zero-order valence-electron chi connectivity index (χ0n) is 21.5. The molecule has 4 rings (SSSR count). The summed E-state index contributed by atoms with van der Waals surface area (Å²) in [6.07, 6.45) is 1.02. The maximum absolute atomic E-state index is 13.7. The summed E-state index contributed by atoms with van der Waals surface area (Å²) in [5.74, 6) is -4.53. The lowest BCUT2D eigenvalue weighted by Gasteiger charge is -2.32. The first-order valence-corrected chi connectivity index (χ1v) is 13.9. The van der Waals surface area contributed by atoms with E-state index in [1.807, 2.05) is 0 Å². The number of methoxy groups -OCH3 is 1. The molecule has 1 aliphatic heterocycles. The summed E-state index contributed by atoms with van der Waals surface area (Å²) in [5, 5.41) is 27.9. The van der Waals surface area contributed by atoms with Crippen molar-refractivity contribution < 1.29 is 37.7 Å². The van der Waals surface area contributed by atoms with E-state index in [0.717, 1.165) is 30.3 Å². The minimum Gasteiger partial charge on any atom is -0.394 e. The Morgan fingerprint density at radius 3 is 2.48 bits per heavy atom. The van der Waals surface area contributed by atoms with Crippen LogP contribution in [0.3, 0.4) is 0 Å². The average molecular weight is 646 g/mol. The van der Waals surface area contributed by atoms with Gasteiger partial charge in [0.1, 0.15) is 29.0 Å². The molecule has 15 heteroatoms. The molecule has 1 saturated heterocycles. The number of pyridine rings is 1. The number of rotatable bonds is 12. The summed E-state index contributed by atoms with van der Waals surface area (Å²) in [6, 6.07) is 3.34. The van der Waals surface area contributed by atoms with Crippen LogP contribution in [0.4, 0.5) is 13.2 Å². The van der Waals surface area contributed by atoms with E-state index >= 15 is 0 Å². The van der Waals surface area contributed by atoms with E-state index in [1.54, 1.807) is 11.0 Å². The van der Waals surface area contributed by atoms with Gasteiger partial charge in [0.25, 0.3) is 5.91 Å². The molecule has 10 nitrogen and oxygen atoms in total. The minimum atomic E-state index is -1.59. The molecule has 2 aromatic heterocycles. The van der Waals surface area contributed by atoms with E-state index in [2.05, 4.69) is 31.2 Å². The second-order valence-electron chi connectivity index (χ2n) is 9.08. The number of carbonyl (C=O) groups excluding carboxylic acids is 1. The lowest BCUT2D eigenvalue weighted by molar-refractivity contribution is -0.105. The van der Waals surface area contributed by atoms with Gasteiger partial charge < -0.3 is 24.6 Å². The van der Waals surface area contributed by atoms with Crippen LogP contribution in [0, 0.1) is 17.5 Å². The molecule has 1 amide bonds. The van der Waals surface area contributed by atoms with Gasteiger partial charge in [-0.3, -0.25) is 4.79 Å². The smallest absolute Gasteiger partial charge is 0.273 e. The molecule has 40 heavy (non-hydrogen) atoms. The Kier molecular flexibility index (Phi) is 10.2. The Labute approximate surface area is 240 Å². The molecule has 216 valence electrons. The molecule has 2 N–H and O–H groups in total. The average Bonchev–Trinajstić information content (AvgIpc) is 3.35. The van der Waals surface area contributed by atoms with Gasteiger partial charge in [0, 0.05) is 41.3 Å². The second-order valence-corrected chi connectivity index (χ2v) is 11.1. The molecule has 0 saturated carbocycles. The number of hydrogen-bond acceptors (Lipinski definition) is 9. The fourth-order valence-corrected chi connectivity index (χ4v) is 5.54. The number of aromatic nitrogens is 4.